The molecule has 0 aliphatic carbocycles. The van der Waals surface area contributed by atoms with Crippen LogP contribution in [0.4, 0.5) is 0 Å². The van der Waals surface area contributed by atoms with Crippen LogP contribution >= 0.6 is 0 Å². The summed E-state index contributed by atoms with van der Waals surface area (Å²) in [5.41, 5.74) is 1.76. The van der Waals surface area contributed by atoms with Gasteiger partial charge in [-0.15, -0.1) is 0 Å². The van der Waals surface area contributed by atoms with E-state index in [1.807, 2.05) is 0 Å². The number of ether oxygens (including phenoxy) is 1. The van der Waals surface area contributed by atoms with Crippen LogP contribution in [-0.2, 0) is 9.62 Å². The Balaban J connectivity index is 2.07. The molecule has 0 aromatic carbocycles. The summed E-state index contributed by atoms with van der Waals surface area (Å²) in [7, 11) is 0. The van der Waals surface area contributed by atoms with E-state index in [-0.39, 0.29) is 0 Å². The zero-order valence-electron chi connectivity index (χ0n) is 10.8. The average molecular weight is 282 g/mol. The molecular weight excluding hydrogens is 268 g/mol. The first-order valence-corrected chi connectivity index (χ1v) is 6.02. The molecule has 0 spiro atoms. The van der Waals surface area contributed by atoms with Crippen molar-refractivity contribution in [2.24, 2.45) is 0 Å². The minimum atomic E-state index is -1.37. The first kappa shape index (κ1) is 13.3. The quantitative estimate of drug-likeness (QED) is 0.498. The highest BCUT2D eigenvalue weighted by Gasteiger charge is 2.45. The zero-order valence-corrected chi connectivity index (χ0v) is 10.8. The van der Waals surface area contributed by atoms with Crippen molar-refractivity contribution in [2.75, 3.05) is 0 Å². The van der Waals surface area contributed by atoms with Gasteiger partial charge in [-0.1, -0.05) is 0 Å². The second-order valence-corrected chi connectivity index (χ2v) is 4.66. The number of fused-ring (bicyclic) bond motifs is 1. The second kappa shape index (κ2) is 4.72. The standard InChI is InChI=1S/C11H14N4O5/c1-4-6-9(14-5(2)13-4)15(3-12-6)10-7(16)8(17)11(19-10)20-18/h3,7-8,10-11,16-18H,1-2H3. The van der Waals surface area contributed by atoms with Gasteiger partial charge in [0.25, 0.3) is 0 Å². The lowest BCUT2D eigenvalue weighted by molar-refractivity contribution is -0.357. The highest BCUT2D eigenvalue weighted by atomic mass is 17.1. The maximum Gasteiger partial charge on any atom is 0.221 e. The number of aromatic nitrogens is 4. The Morgan fingerprint density at radius 2 is 2.00 bits per heavy atom. The van der Waals surface area contributed by atoms with Gasteiger partial charge in [-0.2, -0.15) is 0 Å². The number of hydrogen-bond donors (Lipinski definition) is 3. The number of aliphatic hydroxyl groups excluding tert-OH is 2. The Hall–Kier alpha value is -1.65. The molecule has 1 saturated heterocycles. The van der Waals surface area contributed by atoms with E-state index in [9.17, 15) is 10.2 Å². The summed E-state index contributed by atoms with van der Waals surface area (Å²) in [5.74, 6) is 0.555. The lowest BCUT2D eigenvalue weighted by Gasteiger charge is -2.16. The van der Waals surface area contributed by atoms with Crippen molar-refractivity contribution in [3.05, 3.63) is 17.8 Å². The minimum Gasteiger partial charge on any atom is -0.385 e. The molecule has 1 fully saturated rings. The lowest BCUT2D eigenvalue weighted by atomic mass is 10.2. The maximum absolute atomic E-state index is 9.97. The fourth-order valence-electron chi connectivity index (χ4n) is 2.33. The molecule has 20 heavy (non-hydrogen) atoms. The highest BCUT2D eigenvalue weighted by molar-refractivity contribution is 5.73. The van der Waals surface area contributed by atoms with Crippen LogP contribution in [0.3, 0.4) is 0 Å². The summed E-state index contributed by atoms with van der Waals surface area (Å²) >= 11 is 0. The topological polar surface area (TPSA) is 123 Å². The Kier molecular flexibility index (Phi) is 3.15. The average Bonchev–Trinajstić information content (AvgIpc) is 2.93. The van der Waals surface area contributed by atoms with Crippen LogP contribution in [0.25, 0.3) is 11.2 Å². The fourth-order valence-corrected chi connectivity index (χ4v) is 2.33. The minimum absolute atomic E-state index is 0.477. The summed E-state index contributed by atoms with van der Waals surface area (Å²) in [4.78, 5) is 16.6. The van der Waals surface area contributed by atoms with Crippen molar-refractivity contribution >= 4 is 11.2 Å². The smallest absolute Gasteiger partial charge is 0.221 e. The van der Waals surface area contributed by atoms with Gasteiger partial charge in [0, 0.05) is 0 Å². The van der Waals surface area contributed by atoms with Gasteiger partial charge in [0.15, 0.2) is 11.9 Å². The van der Waals surface area contributed by atoms with E-state index in [0.717, 1.165) is 0 Å². The van der Waals surface area contributed by atoms with E-state index in [0.29, 0.717) is 22.7 Å². The van der Waals surface area contributed by atoms with Gasteiger partial charge in [-0.25, -0.2) is 25.1 Å². The third-order valence-electron chi connectivity index (χ3n) is 3.28. The Morgan fingerprint density at radius 3 is 2.65 bits per heavy atom. The zero-order chi connectivity index (χ0) is 14.4. The molecule has 9 heteroatoms. The fraction of sp³-hybridized carbons (Fsp3) is 0.545. The molecule has 0 amide bonds. The molecule has 0 saturated carbocycles. The summed E-state index contributed by atoms with van der Waals surface area (Å²) < 4.78 is 6.73. The normalized spacial score (nSPS) is 30.2. The van der Waals surface area contributed by atoms with Gasteiger partial charge in [0.2, 0.25) is 6.29 Å². The van der Waals surface area contributed by atoms with E-state index in [1.54, 1.807) is 13.8 Å². The molecule has 2 aromatic rings. The predicted molar refractivity (Wildman–Crippen MR) is 64.4 cm³/mol. The van der Waals surface area contributed by atoms with Crippen LogP contribution in [0.15, 0.2) is 6.33 Å². The number of rotatable bonds is 2. The third kappa shape index (κ3) is 1.87. The van der Waals surface area contributed by atoms with Gasteiger partial charge in [0.1, 0.15) is 23.5 Å². The Bertz CT molecular complexity index is 645. The third-order valence-corrected chi connectivity index (χ3v) is 3.28. The summed E-state index contributed by atoms with van der Waals surface area (Å²) in [6.45, 7) is 3.54. The number of nitrogens with zero attached hydrogens (tertiary/aromatic N) is 4. The highest BCUT2D eigenvalue weighted by Crippen LogP contribution is 2.31. The van der Waals surface area contributed by atoms with Crippen LogP contribution < -0.4 is 0 Å². The number of hydrogen-bond acceptors (Lipinski definition) is 8. The largest absolute Gasteiger partial charge is 0.385 e. The number of imidazole rings is 1. The van der Waals surface area contributed by atoms with Crippen LogP contribution in [0.2, 0.25) is 0 Å². The number of aliphatic hydroxyl groups is 2. The van der Waals surface area contributed by atoms with E-state index >= 15 is 0 Å². The van der Waals surface area contributed by atoms with Gasteiger partial charge in [0.05, 0.1) is 12.0 Å². The molecule has 4 unspecified atom stereocenters. The summed E-state index contributed by atoms with van der Waals surface area (Å²) in [6.07, 6.45) is -3.49. The van der Waals surface area contributed by atoms with Crippen molar-refractivity contribution < 1.29 is 25.1 Å². The SMILES string of the molecule is Cc1nc(C)c2ncn(C3OC(OO)C(O)C3O)c2n1. The van der Waals surface area contributed by atoms with E-state index in [1.165, 1.54) is 10.9 Å². The molecule has 9 nitrogen and oxygen atoms in total. The lowest BCUT2D eigenvalue weighted by Crippen LogP contribution is -2.32. The van der Waals surface area contributed by atoms with E-state index in [4.69, 9.17) is 9.99 Å². The first-order chi connectivity index (χ1) is 9.52. The maximum atomic E-state index is 9.97. The van der Waals surface area contributed by atoms with Crippen molar-refractivity contribution in [1.29, 1.82) is 0 Å². The predicted octanol–water partition coefficient (Wildman–Crippen LogP) is -0.491. The molecule has 1 aliphatic heterocycles. The van der Waals surface area contributed by atoms with Crippen molar-refractivity contribution in [3.8, 4) is 0 Å². The number of aryl methyl sites for hydroxylation is 2. The van der Waals surface area contributed by atoms with Crippen molar-refractivity contribution in [3.63, 3.8) is 0 Å². The molecule has 108 valence electrons. The van der Waals surface area contributed by atoms with Crippen LogP contribution in [0.1, 0.15) is 17.7 Å². The van der Waals surface area contributed by atoms with Crippen molar-refractivity contribution in [2.45, 2.75) is 38.6 Å². The summed E-state index contributed by atoms with van der Waals surface area (Å²) in [5, 5.41) is 28.3. The van der Waals surface area contributed by atoms with Gasteiger partial charge >= 0.3 is 0 Å². The monoisotopic (exact) mass is 282 g/mol. The van der Waals surface area contributed by atoms with Gasteiger partial charge in [-0.3, -0.25) is 4.57 Å². The van der Waals surface area contributed by atoms with E-state index < -0.39 is 24.7 Å². The van der Waals surface area contributed by atoms with Gasteiger partial charge < -0.3 is 14.9 Å². The Labute approximate surface area is 113 Å². The van der Waals surface area contributed by atoms with Crippen LogP contribution in [0.5, 0.6) is 0 Å². The van der Waals surface area contributed by atoms with Gasteiger partial charge in [-0.05, 0) is 13.8 Å². The second-order valence-electron chi connectivity index (χ2n) is 4.66. The molecule has 4 atom stereocenters. The van der Waals surface area contributed by atoms with Crippen LogP contribution in [-0.4, -0.2) is 53.5 Å². The molecule has 0 bridgehead atoms. The van der Waals surface area contributed by atoms with E-state index in [2.05, 4.69) is 19.8 Å². The molecule has 0 radical (unpaired) electrons. The Morgan fingerprint density at radius 1 is 1.25 bits per heavy atom. The molecular formula is C11H14N4O5. The molecule has 2 aromatic heterocycles. The molecule has 3 rings (SSSR count). The van der Waals surface area contributed by atoms with Crippen LogP contribution in [0, 0.1) is 13.8 Å². The molecule has 3 N–H and O–H groups in total. The van der Waals surface area contributed by atoms with Crippen molar-refractivity contribution in [1.82, 2.24) is 19.5 Å². The molecule has 1 aliphatic rings. The first-order valence-electron chi connectivity index (χ1n) is 6.02. The molecule has 3 heterocycles. The summed E-state index contributed by atoms with van der Waals surface area (Å²) in [6, 6.07) is 0.